The molecule has 1 aromatic rings. The zero-order valence-corrected chi connectivity index (χ0v) is 15.6. The van der Waals surface area contributed by atoms with Crippen molar-refractivity contribution in [2.75, 3.05) is 0 Å². The largest absolute Gasteiger partial charge is 0.462 e. The van der Waals surface area contributed by atoms with Crippen molar-refractivity contribution >= 4 is 11.8 Å². The Hall–Kier alpha value is -2.43. The summed E-state index contributed by atoms with van der Waals surface area (Å²) in [5.41, 5.74) is 3.22. The van der Waals surface area contributed by atoms with Crippen LogP contribution in [0.4, 0.5) is 0 Å². The zero-order valence-electron chi connectivity index (χ0n) is 15.6. The van der Waals surface area contributed by atoms with Crippen LogP contribution in [-0.2, 0) is 14.3 Å². The van der Waals surface area contributed by atoms with Gasteiger partial charge >= 0.3 is 5.97 Å². The Kier molecular flexibility index (Phi) is 5.10. The van der Waals surface area contributed by atoms with E-state index in [9.17, 15) is 9.59 Å². The highest BCUT2D eigenvalue weighted by atomic mass is 16.5. The fraction of sp³-hybridized carbons (Fsp3) is 0.500. The summed E-state index contributed by atoms with van der Waals surface area (Å²) in [5, 5.41) is 3.27. The molecule has 3 aliphatic rings. The van der Waals surface area contributed by atoms with Gasteiger partial charge in [0.05, 0.1) is 0 Å². The first-order chi connectivity index (χ1) is 13.1. The number of carbonyl (C=O) groups is 2. The maximum atomic E-state index is 13.2. The summed E-state index contributed by atoms with van der Waals surface area (Å²) in [5.74, 6) is -1.06. The van der Waals surface area contributed by atoms with E-state index in [0.29, 0.717) is 12.1 Å². The van der Waals surface area contributed by atoms with Crippen molar-refractivity contribution in [3.63, 3.8) is 0 Å². The molecule has 1 aliphatic heterocycles. The monoisotopic (exact) mass is 367 g/mol. The van der Waals surface area contributed by atoms with Gasteiger partial charge in [-0.1, -0.05) is 13.0 Å². The first-order valence-corrected chi connectivity index (χ1v) is 10.0. The number of pyridine rings is 1. The molecule has 1 aromatic heterocycles. The fourth-order valence-corrected chi connectivity index (χ4v) is 4.65. The van der Waals surface area contributed by atoms with Crippen molar-refractivity contribution in [3.05, 3.63) is 53.6 Å². The maximum absolute atomic E-state index is 13.2. The summed E-state index contributed by atoms with van der Waals surface area (Å²) in [6.07, 6.45) is 11.1. The second-order valence-electron chi connectivity index (χ2n) is 7.81. The van der Waals surface area contributed by atoms with Gasteiger partial charge in [-0.15, -0.1) is 0 Å². The third-order valence-electron chi connectivity index (χ3n) is 5.97. The molecule has 2 heterocycles. The van der Waals surface area contributed by atoms with Crippen LogP contribution < -0.4 is 10.3 Å². The number of nitrogens with one attached hydrogen (secondary N) is 2. The fourth-order valence-electron chi connectivity index (χ4n) is 4.65. The van der Waals surface area contributed by atoms with Crippen LogP contribution in [-0.4, -0.2) is 17.9 Å². The summed E-state index contributed by atoms with van der Waals surface area (Å²) >= 11 is 0. The Morgan fingerprint density at radius 3 is 2.74 bits per heavy atom. The average molecular weight is 367 g/mol. The molecule has 4 rings (SSSR count). The molecule has 5 heteroatoms. The second-order valence-corrected chi connectivity index (χ2v) is 7.81. The molecule has 1 fully saturated rings. The van der Waals surface area contributed by atoms with E-state index >= 15 is 0 Å². The van der Waals surface area contributed by atoms with E-state index in [0.717, 1.165) is 55.4 Å². The molecule has 0 spiro atoms. The highest BCUT2D eigenvalue weighted by Gasteiger charge is 2.45. The molecular weight excluding hydrogens is 340 g/mol. The van der Waals surface area contributed by atoms with E-state index in [-0.39, 0.29) is 23.8 Å². The van der Waals surface area contributed by atoms with Crippen LogP contribution >= 0.6 is 0 Å². The third-order valence-corrected chi connectivity index (χ3v) is 5.97. The lowest BCUT2D eigenvalue weighted by Gasteiger charge is -2.38. The standard InChI is InChI=1S/C22H26N2O3/c1-14-19(22(26)27-16-8-3-2-4-9-16)20(15-7-6-12-23-13-15)21-17(24-14)10-5-11-18(21)25/h6-7,12-13,16,19-20,24H,1-5,8-11H2/p+1. The van der Waals surface area contributed by atoms with Crippen molar-refractivity contribution in [1.82, 2.24) is 5.32 Å². The quantitative estimate of drug-likeness (QED) is 0.833. The Bertz CT molecular complexity index is 778. The van der Waals surface area contributed by atoms with Gasteiger partial charge in [-0.25, -0.2) is 4.98 Å². The molecule has 0 radical (unpaired) electrons. The van der Waals surface area contributed by atoms with Crippen LogP contribution in [0.15, 0.2) is 48.1 Å². The number of hydrogen-bond donors (Lipinski definition) is 1. The van der Waals surface area contributed by atoms with E-state index in [2.05, 4.69) is 16.9 Å². The molecule has 142 valence electrons. The Labute approximate surface area is 159 Å². The molecule has 1 saturated carbocycles. The Morgan fingerprint density at radius 1 is 1.19 bits per heavy atom. The predicted octanol–water partition coefficient (Wildman–Crippen LogP) is 3.20. The van der Waals surface area contributed by atoms with Crippen LogP contribution in [0.3, 0.4) is 0 Å². The molecule has 0 saturated heterocycles. The lowest BCUT2D eigenvalue weighted by atomic mass is 9.72. The van der Waals surface area contributed by atoms with Crippen molar-refractivity contribution in [2.24, 2.45) is 5.92 Å². The topological polar surface area (TPSA) is 69.5 Å². The lowest BCUT2D eigenvalue weighted by Crippen LogP contribution is -2.42. The molecule has 0 aromatic carbocycles. The predicted molar refractivity (Wildman–Crippen MR) is 100 cm³/mol. The highest BCUT2D eigenvalue weighted by molar-refractivity contribution is 6.00. The van der Waals surface area contributed by atoms with Gasteiger partial charge in [0.1, 0.15) is 12.0 Å². The molecule has 5 nitrogen and oxygen atoms in total. The molecule has 2 N–H and O–H groups in total. The minimum Gasteiger partial charge on any atom is -0.462 e. The average Bonchev–Trinajstić information content (AvgIpc) is 2.68. The number of Topliss-reactive ketones (excluding diaryl/α,β-unsaturated/α-hetero) is 1. The number of aromatic amines is 1. The summed E-state index contributed by atoms with van der Waals surface area (Å²) in [4.78, 5) is 29.0. The molecular formula is C22H27N2O3+. The van der Waals surface area contributed by atoms with Gasteiger partial charge in [0.15, 0.2) is 18.2 Å². The zero-order chi connectivity index (χ0) is 18.8. The second kappa shape index (κ2) is 7.67. The summed E-state index contributed by atoms with van der Waals surface area (Å²) in [7, 11) is 0. The van der Waals surface area contributed by atoms with Gasteiger partial charge in [0.2, 0.25) is 0 Å². The van der Waals surface area contributed by atoms with Gasteiger partial charge in [0, 0.05) is 40.9 Å². The molecule has 2 aliphatic carbocycles. The van der Waals surface area contributed by atoms with E-state index in [1.807, 2.05) is 24.5 Å². The number of ketones is 1. The van der Waals surface area contributed by atoms with Crippen LogP contribution in [0.1, 0.15) is 62.8 Å². The number of rotatable bonds is 3. The van der Waals surface area contributed by atoms with Crippen LogP contribution in [0.2, 0.25) is 0 Å². The smallest absolute Gasteiger partial charge is 0.316 e. The SMILES string of the molecule is C=C1NC2=C(C(=O)CCC2)C(c2ccc[nH+]c2)C1C(=O)OC1CCCCC1. The number of carbonyl (C=O) groups excluding carboxylic acids is 2. The van der Waals surface area contributed by atoms with E-state index in [4.69, 9.17) is 4.74 Å². The molecule has 2 atom stereocenters. The summed E-state index contributed by atoms with van der Waals surface area (Å²) < 4.78 is 5.88. The first kappa shape index (κ1) is 18.0. The van der Waals surface area contributed by atoms with Crippen LogP contribution in [0.5, 0.6) is 0 Å². The normalized spacial score (nSPS) is 26.4. The molecule has 0 bridgehead atoms. The number of hydrogen-bond acceptors (Lipinski definition) is 4. The highest BCUT2D eigenvalue weighted by Crippen LogP contribution is 2.44. The summed E-state index contributed by atoms with van der Waals surface area (Å²) in [6, 6.07) is 3.87. The maximum Gasteiger partial charge on any atom is 0.316 e. The van der Waals surface area contributed by atoms with Gasteiger partial charge in [-0.2, -0.15) is 0 Å². The van der Waals surface area contributed by atoms with Crippen molar-refractivity contribution in [1.29, 1.82) is 0 Å². The van der Waals surface area contributed by atoms with Gasteiger partial charge in [-0.3, -0.25) is 9.59 Å². The van der Waals surface area contributed by atoms with E-state index < -0.39 is 5.92 Å². The number of aromatic nitrogens is 1. The lowest BCUT2D eigenvalue weighted by molar-refractivity contribution is -0.378. The van der Waals surface area contributed by atoms with Crippen LogP contribution in [0.25, 0.3) is 0 Å². The van der Waals surface area contributed by atoms with E-state index in [1.165, 1.54) is 6.42 Å². The number of esters is 1. The minimum atomic E-state index is -0.580. The van der Waals surface area contributed by atoms with Crippen molar-refractivity contribution in [2.45, 2.75) is 63.4 Å². The Balaban J connectivity index is 1.70. The minimum absolute atomic E-state index is 0.0144. The third kappa shape index (κ3) is 3.55. The molecule has 2 unspecified atom stereocenters. The van der Waals surface area contributed by atoms with Crippen LogP contribution in [0, 0.1) is 5.92 Å². The van der Waals surface area contributed by atoms with Crippen molar-refractivity contribution < 1.29 is 19.3 Å². The van der Waals surface area contributed by atoms with Crippen molar-refractivity contribution in [3.8, 4) is 0 Å². The number of ether oxygens (including phenoxy) is 1. The first-order valence-electron chi connectivity index (χ1n) is 10.0. The van der Waals surface area contributed by atoms with Gasteiger partial charge < -0.3 is 10.1 Å². The van der Waals surface area contributed by atoms with Gasteiger partial charge in [0.25, 0.3) is 0 Å². The van der Waals surface area contributed by atoms with E-state index in [1.54, 1.807) is 0 Å². The number of allylic oxidation sites excluding steroid dienone is 2. The van der Waals surface area contributed by atoms with Gasteiger partial charge in [-0.05, 0) is 44.6 Å². The Morgan fingerprint density at radius 2 is 2.00 bits per heavy atom. The molecule has 27 heavy (non-hydrogen) atoms. The molecule has 0 amide bonds. The number of H-pyrrole nitrogens is 1. The summed E-state index contributed by atoms with van der Waals surface area (Å²) in [6.45, 7) is 4.13.